The number of nitrogens with zero attached hydrogens (tertiary/aromatic N) is 2. The molecule has 2 aliphatic carbocycles. The Hall–Kier alpha value is -1.92. The number of carbonyl (C=O) groups is 1. The molecule has 2 aromatic rings. The fraction of sp³-hybridized carbons (Fsp3) is 0.500. The van der Waals surface area contributed by atoms with Crippen LogP contribution in [0.4, 0.5) is 4.39 Å². The maximum atomic E-state index is 14.5. The van der Waals surface area contributed by atoms with Crippen molar-refractivity contribution in [2.45, 2.75) is 57.4 Å². The van der Waals surface area contributed by atoms with Crippen molar-refractivity contribution in [1.29, 1.82) is 0 Å². The number of hydrogen-bond donors (Lipinski definition) is 2. The Labute approximate surface area is 164 Å². The predicted molar refractivity (Wildman–Crippen MR) is 105 cm³/mol. The Kier molecular flexibility index (Phi) is 5.58. The monoisotopic (exact) mass is 392 g/mol. The molecule has 1 saturated carbocycles. The smallest absolute Gasteiger partial charge is 0.272 e. The van der Waals surface area contributed by atoms with Gasteiger partial charge in [-0.3, -0.25) is 4.79 Å². The molecular weight excluding hydrogens is 367 g/mol. The van der Waals surface area contributed by atoms with Gasteiger partial charge in [0.15, 0.2) is 5.69 Å². The van der Waals surface area contributed by atoms with Crippen LogP contribution in [-0.2, 0) is 12.8 Å². The van der Waals surface area contributed by atoms with E-state index in [1.165, 1.54) is 6.07 Å². The third-order valence-electron chi connectivity index (χ3n) is 5.81. The molecule has 0 aliphatic heterocycles. The minimum Gasteiger partial charge on any atom is -0.344 e. The molecule has 1 fully saturated rings. The fourth-order valence-electron chi connectivity index (χ4n) is 4.33. The van der Waals surface area contributed by atoms with Crippen LogP contribution < -0.4 is 11.1 Å². The molecule has 1 aromatic heterocycles. The molecule has 27 heavy (non-hydrogen) atoms. The molecule has 4 rings (SSSR count). The molecule has 1 aromatic carbocycles. The first-order valence-corrected chi connectivity index (χ1v) is 9.43. The third kappa shape index (κ3) is 3.48. The molecule has 0 saturated heterocycles. The molecule has 2 aliphatic rings. The van der Waals surface area contributed by atoms with Gasteiger partial charge in [-0.1, -0.05) is 18.9 Å². The zero-order valence-electron chi connectivity index (χ0n) is 15.6. The summed E-state index contributed by atoms with van der Waals surface area (Å²) < 4.78 is 16.1. The maximum absolute atomic E-state index is 14.5. The summed E-state index contributed by atoms with van der Waals surface area (Å²) in [6.07, 6.45) is 6.56. The van der Waals surface area contributed by atoms with Gasteiger partial charge in [0, 0.05) is 17.8 Å². The molecule has 3 N–H and O–H groups in total. The molecule has 0 radical (unpaired) electrons. The topological polar surface area (TPSA) is 72.9 Å². The summed E-state index contributed by atoms with van der Waals surface area (Å²) in [6.45, 7) is 2.29. The summed E-state index contributed by atoms with van der Waals surface area (Å²) in [5.74, 6) is -0.495. The Balaban J connectivity index is 0.00000210. The van der Waals surface area contributed by atoms with Crippen LogP contribution in [0, 0.1) is 12.7 Å². The van der Waals surface area contributed by atoms with Crippen LogP contribution in [0.2, 0.25) is 0 Å². The van der Waals surface area contributed by atoms with Gasteiger partial charge in [-0.2, -0.15) is 5.10 Å². The van der Waals surface area contributed by atoms with Crippen molar-refractivity contribution in [3.8, 4) is 5.69 Å². The van der Waals surface area contributed by atoms with Gasteiger partial charge in [-0.05, 0) is 56.7 Å². The van der Waals surface area contributed by atoms with E-state index in [1.54, 1.807) is 10.7 Å². The number of hydrogen-bond acceptors (Lipinski definition) is 3. The minimum atomic E-state index is -0.318. The molecule has 0 unspecified atom stereocenters. The highest BCUT2D eigenvalue weighted by atomic mass is 35.5. The first-order valence-electron chi connectivity index (χ1n) is 9.43. The lowest BCUT2D eigenvalue weighted by Crippen LogP contribution is -2.51. The lowest BCUT2D eigenvalue weighted by Gasteiger charge is -2.28. The van der Waals surface area contributed by atoms with Crippen molar-refractivity contribution in [2.24, 2.45) is 5.73 Å². The summed E-state index contributed by atoms with van der Waals surface area (Å²) >= 11 is 0. The maximum Gasteiger partial charge on any atom is 0.272 e. The van der Waals surface area contributed by atoms with Gasteiger partial charge in [-0.15, -0.1) is 12.4 Å². The van der Waals surface area contributed by atoms with Crippen molar-refractivity contribution < 1.29 is 9.18 Å². The first kappa shape index (κ1) is 19.8. The van der Waals surface area contributed by atoms with Crippen LogP contribution in [0.1, 0.15) is 59.4 Å². The zero-order chi connectivity index (χ0) is 18.3. The number of nitrogens with one attached hydrogen (secondary N) is 1. The van der Waals surface area contributed by atoms with Gasteiger partial charge < -0.3 is 11.1 Å². The van der Waals surface area contributed by atoms with Crippen LogP contribution in [0.3, 0.4) is 0 Å². The van der Waals surface area contributed by atoms with E-state index in [9.17, 15) is 9.18 Å². The van der Waals surface area contributed by atoms with Gasteiger partial charge in [0.05, 0.1) is 5.54 Å². The Morgan fingerprint density at radius 1 is 1.30 bits per heavy atom. The van der Waals surface area contributed by atoms with E-state index in [1.807, 2.05) is 13.0 Å². The molecule has 1 heterocycles. The van der Waals surface area contributed by atoms with Crippen LogP contribution in [0.15, 0.2) is 18.2 Å². The molecule has 0 atom stereocenters. The van der Waals surface area contributed by atoms with E-state index in [4.69, 9.17) is 5.73 Å². The number of benzene rings is 1. The van der Waals surface area contributed by atoms with E-state index in [0.717, 1.165) is 61.8 Å². The second-order valence-electron chi connectivity index (χ2n) is 7.64. The zero-order valence-corrected chi connectivity index (χ0v) is 16.4. The number of amides is 1. The lowest BCUT2D eigenvalue weighted by atomic mass is 9.97. The van der Waals surface area contributed by atoms with Crippen LogP contribution in [0.5, 0.6) is 0 Å². The van der Waals surface area contributed by atoms with Crippen molar-refractivity contribution in [3.05, 3.63) is 46.5 Å². The number of halogens is 2. The lowest BCUT2D eigenvalue weighted by molar-refractivity contribution is 0.0896. The fourth-order valence-corrected chi connectivity index (χ4v) is 4.33. The van der Waals surface area contributed by atoms with Crippen molar-refractivity contribution in [2.75, 3.05) is 6.54 Å². The van der Waals surface area contributed by atoms with E-state index in [2.05, 4.69) is 10.4 Å². The number of aryl methyl sites for hydroxylation is 1. The normalized spacial score (nSPS) is 17.4. The summed E-state index contributed by atoms with van der Waals surface area (Å²) in [4.78, 5) is 13.0. The molecule has 146 valence electrons. The van der Waals surface area contributed by atoms with Crippen LogP contribution in [0.25, 0.3) is 5.69 Å². The third-order valence-corrected chi connectivity index (χ3v) is 5.81. The Bertz CT molecular complexity index is 858. The second kappa shape index (κ2) is 7.60. The van der Waals surface area contributed by atoms with Gasteiger partial charge in [0.1, 0.15) is 11.5 Å². The van der Waals surface area contributed by atoms with Gasteiger partial charge in [0.25, 0.3) is 5.91 Å². The minimum absolute atomic E-state index is 0. The highest BCUT2D eigenvalue weighted by Crippen LogP contribution is 2.32. The van der Waals surface area contributed by atoms with Crippen LogP contribution >= 0.6 is 12.4 Å². The average Bonchev–Trinajstić information content (AvgIpc) is 3.32. The molecule has 1 amide bonds. The molecule has 5 nitrogen and oxygen atoms in total. The highest BCUT2D eigenvalue weighted by Gasteiger charge is 2.36. The standard InChI is InChI=1S/C20H25FN4O.ClH/c1-13-7-8-17(15(21)11-13)25-16-6-4-5-14(16)18(24-25)19(26)23-20(12-22)9-2-3-10-20;/h7-8,11H,2-6,9-10,12,22H2,1H3,(H,23,26);1H. The average molecular weight is 393 g/mol. The number of rotatable bonds is 4. The quantitative estimate of drug-likeness (QED) is 0.838. The van der Waals surface area contributed by atoms with E-state index < -0.39 is 0 Å². The van der Waals surface area contributed by atoms with Gasteiger partial charge >= 0.3 is 0 Å². The number of fused-ring (bicyclic) bond motifs is 1. The number of nitrogens with two attached hydrogens (primary N) is 1. The SMILES string of the molecule is Cc1ccc(-n2nc(C(=O)NC3(CN)CCCC3)c3c2CCC3)c(F)c1.Cl. The van der Waals surface area contributed by atoms with Crippen molar-refractivity contribution in [1.82, 2.24) is 15.1 Å². The van der Waals surface area contributed by atoms with E-state index in [-0.39, 0.29) is 29.7 Å². The molecule has 0 spiro atoms. The van der Waals surface area contributed by atoms with Gasteiger partial charge in [0.2, 0.25) is 0 Å². The van der Waals surface area contributed by atoms with Gasteiger partial charge in [-0.25, -0.2) is 9.07 Å². The predicted octanol–water partition coefficient (Wildman–Crippen LogP) is 3.23. The number of carbonyl (C=O) groups excluding carboxylic acids is 1. The van der Waals surface area contributed by atoms with Crippen LogP contribution in [-0.4, -0.2) is 27.8 Å². The molecular formula is C20H26ClFN4O. The molecule has 7 heteroatoms. The van der Waals surface area contributed by atoms with E-state index >= 15 is 0 Å². The summed E-state index contributed by atoms with van der Waals surface area (Å²) in [5.41, 5.74) is 9.23. The largest absolute Gasteiger partial charge is 0.344 e. The molecule has 0 bridgehead atoms. The Morgan fingerprint density at radius 2 is 2.04 bits per heavy atom. The first-order chi connectivity index (χ1) is 12.5. The Morgan fingerprint density at radius 3 is 2.70 bits per heavy atom. The number of aromatic nitrogens is 2. The summed E-state index contributed by atoms with van der Waals surface area (Å²) in [5, 5.41) is 7.67. The summed E-state index contributed by atoms with van der Waals surface area (Å²) in [6, 6.07) is 5.10. The van der Waals surface area contributed by atoms with E-state index in [0.29, 0.717) is 17.9 Å². The van der Waals surface area contributed by atoms with Crippen molar-refractivity contribution >= 4 is 18.3 Å². The highest BCUT2D eigenvalue weighted by molar-refractivity contribution is 5.95. The summed E-state index contributed by atoms with van der Waals surface area (Å²) in [7, 11) is 0. The second-order valence-corrected chi connectivity index (χ2v) is 7.64. The van der Waals surface area contributed by atoms with Crippen molar-refractivity contribution in [3.63, 3.8) is 0 Å².